The molecule has 6 rings (SSSR count). The molecule has 4 atom stereocenters. The van der Waals surface area contributed by atoms with Crippen molar-refractivity contribution in [3.8, 4) is 11.5 Å². The minimum atomic E-state index is -0.541. The van der Waals surface area contributed by atoms with Crippen LogP contribution in [0.15, 0.2) is 66.7 Å². The van der Waals surface area contributed by atoms with E-state index in [0.717, 1.165) is 12.0 Å². The third-order valence-corrected chi connectivity index (χ3v) is 7.99. The van der Waals surface area contributed by atoms with Crippen LogP contribution in [0.2, 0.25) is 0 Å². The Balaban J connectivity index is 1.12. The minimum absolute atomic E-state index is 0.0550. The monoisotopic (exact) mass is 543 g/mol. The molecule has 40 heavy (non-hydrogen) atoms. The summed E-state index contributed by atoms with van der Waals surface area (Å²) in [6.07, 6.45) is 0.455. The fourth-order valence-electron chi connectivity index (χ4n) is 5.97. The van der Waals surface area contributed by atoms with E-state index in [-0.39, 0.29) is 43.1 Å². The topological polar surface area (TPSA) is 109 Å². The molecule has 0 aliphatic carbocycles. The first-order valence-corrected chi connectivity index (χ1v) is 13.6. The maximum absolute atomic E-state index is 13.3. The van der Waals surface area contributed by atoms with Gasteiger partial charge in [0, 0.05) is 35.9 Å². The molecule has 3 N–H and O–H groups in total. The van der Waals surface area contributed by atoms with Gasteiger partial charge in [-0.05, 0) is 66.4 Å². The highest BCUT2D eigenvalue weighted by Gasteiger charge is 2.46. The highest BCUT2D eigenvalue weighted by Crippen LogP contribution is 2.47. The zero-order valence-corrected chi connectivity index (χ0v) is 22.3. The van der Waals surface area contributed by atoms with Crippen molar-refractivity contribution in [1.29, 1.82) is 0 Å². The van der Waals surface area contributed by atoms with Crippen LogP contribution in [0.3, 0.4) is 0 Å². The number of ether oxygens (including phenoxy) is 3. The van der Waals surface area contributed by atoms with E-state index in [1.807, 2.05) is 29.2 Å². The number of carbonyl (C=O) groups is 2. The molecule has 3 aromatic carbocycles. The summed E-state index contributed by atoms with van der Waals surface area (Å²) in [5.41, 5.74) is 4.70. The van der Waals surface area contributed by atoms with E-state index >= 15 is 0 Å². The SMILES string of the molecule is COc1ccc(NC(=O)Nc2ccc3c(c2)[C@@H]2C[C@@H](CC(=O)N4CCc5ccccc5C4)O[C@@H](CO)[C@@H]2O3)cc1. The molecular weight excluding hydrogens is 510 g/mol. The van der Waals surface area contributed by atoms with Gasteiger partial charge >= 0.3 is 6.03 Å². The molecule has 1 fully saturated rings. The number of aliphatic hydroxyl groups excluding tert-OH is 1. The van der Waals surface area contributed by atoms with Crippen LogP contribution < -0.4 is 20.1 Å². The molecule has 3 aliphatic rings. The Kier molecular flexibility index (Phi) is 7.32. The average Bonchev–Trinajstić information content (AvgIpc) is 3.34. The Morgan fingerprint density at radius 1 is 1.02 bits per heavy atom. The number of carbonyl (C=O) groups excluding carboxylic acids is 2. The number of urea groups is 1. The molecule has 0 unspecified atom stereocenters. The van der Waals surface area contributed by atoms with Crippen molar-refractivity contribution in [2.45, 2.75) is 50.0 Å². The number of benzene rings is 3. The van der Waals surface area contributed by atoms with Crippen molar-refractivity contribution in [3.63, 3.8) is 0 Å². The van der Waals surface area contributed by atoms with Crippen LogP contribution in [0.25, 0.3) is 0 Å². The highest BCUT2D eigenvalue weighted by atomic mass is 16.6. The van der Waals surface area contributed by atoms with Gasteiger partial charge in [0.15, 0.2) is 0 Å². The Bertz CT molecular complexity index is 1390. The lowest BCUT2D eigenvalue weighted by atomic mass is 9.84. The van der Waals surface area contributed by atoms with Gasteiger partial charge in [0.25, 0.3) is 0 Å². The largest absolute Gasteiger partial charge is 0.497 e. The van der Waals surface area contributed by atoms with Crippen LogP contribution in [0.5, 0.6) is 11.5 Å². The number of amides is 3. The average molecular weight is 544 g/mol. The van der Waals surface area contributed by atoms with E-state index in [9.17, 15) is 14.7 Å². The molecule has 9 nitrogen and oxygen atoms in total. The Hall–Kier alpha value is -4.08. The smallest absolute Gasteiger partial charge is 0.323 e. The van der Waals surface area contributed by atoms with Crippen LogP contribution in [0.4, 0.5) is 16.2 Å². The van der Waals surface area contributed by atoms with Crippen molar-refractivity contribution in [2.24, 2.45) is 0 Å². The molecule has 0 spiro atoms. The van der Waals surface area contributed by atoms with Crippen LogP contribution in [0, 0.1) is 0 Å². The number of anilines is 2. The second-order valence-corrected chi connectivity index (χ2v) is 10.5. The Morgan fingerprint density at radius 3 is 2.55 bits per heavy atom. The second-order valence-electron chi connectivity index (χ2n) is 10.5. The fraction of sp³-hybridized carbons (Fsp3) is 0.355. The van der Waals surface area contributed by atoms with Crippen molar-refractivity contribution in [2.75, 3.05) is 30.9 Å². The molecule has 9 heteroatoms. The lowest BCUT2D eigenvalue weighted by molar-refractivity contribution is -0.149. The number of aliphatic hydroxyl groups is 1. The zero-order valence-electron chi connectivity index (χ0n) is 22.3. The molecule has 3 aromatic rings. The van der Waals surface area contributed by atoms with Gasteiger partial charge in [-0.3, -0.25) is 4.79 Å². The summed E-state index contributed by atoms with van der Waals surface area (Å²) in [4.78, 5) is 27.8. The first-order valence-electron chi connectivity index (χ1n) is 13.6. The Labute approximate surface area is 233 Å². The maximum Gasteiger partial charge on any atom is 0.323 e. The summed E-state index contributed by atoms with van der Waals surface area (Å²) in [5.74, 6) is 1.41. The Morgan fingerprint density at radius 2 is 1.77 bits per heavy atom. The molecule has 3 heterocycles. The normalized spacial score (nSPS) is 22.8. The summed E-state index contributed by atoms with van der Waals surface area (Å²) >= 11 is 0. The standard InChI is InChI=1S/C31H33N3O6/c1-38-23-9-6-21(7-10-23)32-31(37)33-22-8-11-27-25(14-22)26-15-24(39-28(18-35)30(26)40-27)16-29(36)34-13-12-19-4-2-3-5-20(19)17-34/h2-11,14,24,26,28,30,35H,12-13,15-18H2,1H3,(H2,32,33,37)/t24-,26-,28-,30+/m0/s1. The molecule has 0 saturated carbocycles. The van der Waals surface area contributed by atoms with Crippen LogP contribution >= 0.6 is 0 Å². The lowest BCUT2D eigenvalue weighted by Crippen LogP contribution is -2.48. The van der Waals surface area contributed by atoms with Gasteiger partial charge < -0.3 is 34.9 Å². The molecule has 3 amide bonds. The molecule has 0 bridgehead atoms. The summed E-state index contributed by atoms with van der Waals surface area (Å²) in [6.45, 7) is 1.10. The van der Waals surface area contributed by atoms with E-state index in [1.54, 1.807) is 37.4 Å². The summed E-state index contributed by atoms with van der Waals surface area (Å²) in [6, 6.07) is 20.5. The molecular formula is C31H33N3O6. The second kappa shape index (κ2) is 11.2. The van der Waals surface area contributed by atoms with E-state index in [0.29, 0.717) is 42.4 Å². The van der Waals surface area contributed by atoms with E-state index in [2.05, 4.69) is 22.8 Å². The molecule has 1 saturated heterocycles. The predicted octanol–water partition coefficient (Wildman–Crippen LogP) is 4.31. The van der Waals surface area contributed by atoms with Gasteiger partial charge in [-0.15, -0.1) is 0 Å². The predicted molar refractivity (Wildman–Crippen MR) is 150 cm³/mol. The van der Waals surface area contributed by atoms with Gasteiger partial charge in [0.2, 0.25) is 5.91 Å². The minimum Gasteiger partial charge on any atom is -0.497 e. The van der Waals surface area contributed by atoms with Crippen molar-refractivity contribution in [1.82, 2.24) is 4.90 Å². The number of nitrogens with one attached hydrogen (secondary N) is 2. The third-order valence-electron chi connectivity index (χ3n) is 7.99. The highest BCUT2D eigenvalue weighted by molar-refractivity contribution is 5.99. The van der Waals surface area contributed by atoms with Crippen LogP contribution in [0.1, 0.15) is 35.4 Å². The van der Waals surface area contributed by atoms with E-state index < -0.39 is 6.10 Å². The van der Waals surface area contributed by atoms with Gasteiger partial charge in [-0.25, -0.2) is 4.79 Å². The van der Waals surface area contributed by atoms with Gasteiger partial charge in [0.1, 0.15) is 23.7 Å². The number of nitrogens with zero attached hydrogens (tertiary/aromatic N) is 1. The first-order chi connectivity index (χ1) is 19.5. The summed E-state index contributed by atoms with van der Waals surface area (Å²) < 4.78 is 17.5. The van der Waals surface area contributed by atoms with Crippen molar-refractivity contribution >= 4 is 23.3 Å². The maximum atomic E-state index is 13.3. The molecule has 0 radical (unpaired) electrons. The van der Waals surface area contributed by atoms with Crippen LogP contribution in [-0.2, 0) is 22.5 Å². The summed E-state index contributed by atoms with van der Waals surface area (Å²) in [5, 5.41) is 15.8. The number of hydrogen-bond donors (Lipinski definition) is 3. The number of fused-ring (bicyclic) bond motifs is 4. The van der Waals surface area contributed by atoms with Crippen molar-refractivity contribution < 1.29 is 28.9 Å². The first kappa shape index (κ1) is 26.2. The molecule has 3 aliphatic heterocycles. The zero-order chi connectivity index (χ0) is 27.6. The summed E-state index contributed by atoms with van der Waals surface area (Å²) in [7, 11) is 1.59. The van der Waals surface area contributed by atoms with Gasteiger partial charge in [-0.1, -0.05) is 24.3 Å². The van der Waals surface area contributed by atoms with Crippen LogP contribution in [-0.4, -0.2) is 60.5 Å². The fourth-order valence-corrected chi connectivity index (χ4v) is 5.97. The quantitative estimate of drug-likeness (QED) is 0.428. The number of methoxy groups -OCH3 is 1. The number of rotatable bonds is 6. The van der Waals surface area contributed by atoms with Crippen molar-refractivity contribution in [3.05, 3.63) is 83.4 Å². The van der Waals surface area contributed by atoms with Gasteiger partial charge in [0.05, 0.1) is 26.2 Å². The van der Waals surface area contributed by atoms with E-state index in [4.69, 9.17) is 14.2 Å². The van der Waals surface area contributed by atoms with E-state index in [1.165, 1.54) is 11.1 Å². The molecule has 208 valence electrons. The third kappa shape index (κ3) is 5.35. The molecule has 0 aromatic heterocycles. The number of hydrogen-bond acceptors (Lipinski definition) is 6. The van der Waals surface area contributed by atoms with Gasteiger partial charge in [-0.2, -0.15) is 0 Å². The lowest BCUT2D eigenvalue weighted by Gasteiger charge is -2.38.